The van der Waals surface area contributed by atoms with Crippen LogP contribution in [0.1, 0.15) is 16.5 Å². The molecule has 0 fully saturated rings. The van der Waals surface area contributed by atoms with E-state index in [1.165, 1.54) is 11.3 Å². The van der Waals surface area contributed by atoms with E-state index in [9.17, 15) is 8.42 Å². The summed E-state index contributed by atoms with van der Waals surface area (Å²) >= 11 is 4.07. The van der Waals surface area contributed by atoms with Crippen molar-refractivity contribution in [2.24, 2.45) is 0 Å². The van der Waals surface area contributed by atoms with Gasteiger partial charge in [0.2, 0.25) is 10.0 Å². The molecule has 0 bridgehead atoms. The van der Waals surface area contributed by atoms with Gasteiger partial charge in [0.25, 0.3) is 0 Å². The molecule has 5 nitrogen and oxygen atoms in total. The van der Waals surface area contributed by atoms with Gasteiger partial charge >= 0.3 is 0 Å². The molecule has 1 aromatic carbocycles. The summed E-state index contributed by atoms with van der Waals surface area (Å²) in [7, 11) is -3.74. The predicted octanol–water partition coefficient (Wildman–Crippen LogP) is 3.88. The SMILES string of the molecule is O=S(=O)(NC(c1ccsc1)c1cccs1)c1cccc2nsnc12. The average molecular weight is 394 g/mol. The van der Waals surface area contributed by atoms with E-state index in [0.717, 1.165) is 22.2 Å². The number of thiophene rings is 2. The van der Waals surface area contributed by atoms with E-state index < -0.39 is 16.1 Å². The number of nitrogens with one attached hydrogen (secondary N) is 1. The first kappa shape index (κ1) is 15.9. The Balaban J connectivity index is 1.78. The molecule has 9 heteroatoms. The summed E-state index contributed by atoms with van der Waals surface area (Å²) in [6.07, 6.45) is 0. The molecule has 0 aliphatic carbocycles. The molecule has 0 amide bonds. The lowest BCUT2D eigenvalue weighted by molar-refractivity contribution is 0.574. The van der Waals surface area contributed by atoms with E-state index in [1.54, 1.807) is 29.5 Å². The summed E-state index contributed by atoms with van der Waals surface area (Å²) in [6, 6.07) is 10.4. The smallest absolute Gasteiger partial charge is 0.207 e. The number of sulfonamides is 1. The second-order valence-corrected chi connectivity index (χ2v) is 8.98. The van der Waals surface area contributed by atoms with Crippen LogP contribution in [-0.2, 0) is 10.0 Å². The summed E-state index contributed by atoms with van der Waals surface area (Å²) in [5.74, 6) is 0. The molecule has 3 aromatic heterocycles. The van der Waals surface area contributed by atoms with Gasteiger partial charge in [-0.15, -0.1) is 11.3 Å². The maximum absolute atomic E-state index is 13.0. The lowest BCUT2D eigenvalue weighted by Gasteiger charge is -2.17. The van der Waals surface area contributed by atoms with Crippen LogP contribution in [0, 0.1) is 0 Å². The van der Waals surface area contributed by atoms with Crippen LogP contribution in [0.2, 0.25) is 0 Å². The average Bonchev–Trinajstić information content (AvgIpc) is 3.34. The third kappa shape index (κ3) is 2.89. The van der Waals surface area contributed by atoms with Crippen molar-refractivity contribution in [1.82, 2.24) is 13.5 Å². The molecule has 4 aromatic rings. The molecule has 0 spiro atoms. The van der Waals surface area contributed by atoms with E-state index in [4.69, 9.17) is 0 Å². The number of hydrogen-bond acceptors (Lipinski definition) is 7. The topological polar surface area (TPSA) is 72.0 Å². The zero-order chi connectivity index (χ0) is 16.6. The Morgan fingerprint density at radius 1 is 1.04 bits per heavy atom. The lowest BCUT2D eigenvalue weighted by Crippen LogP contribution is -2.29. The van der Waals surface area contributed by atoms with E-state index in [1.807, 2.05) is 34.3 Å². The van der Waals surface area contributed by atoms with Gasteiger partial charge in [0, 0.05) is 4.88 Å². The van der Waals surface area contributed by atoms with Crippen LogP contribution >= 0.6 is 34.4 Å². The minimum atomic E-state index is -3.74. The van der Waals surface area contributed by atoms with Gasteiger partial charge in [-0.1, -0.05) is 12.1 Å². The number of rotatable bonds is 5. The van der Waals surface area contributed by atoms with Crippen LogP contribution in [0.25, 0.3) is 11.0 Å². The minimum absolute atomic E-state index is 0.158. The van der Waals surface area contributed by atoms with Gasteiger partial charge in [-0.2, -0.15) is 24.8 Å². The Hall–Kier alpha value is -1.65. The fourth-order valence-corrected chi connectivity index (χ4v) is 5.94. The minimum Gasteiger partial charge on any atom is -0.207 e. The Bertz CT molecular complexity index is 1020. The Morgan fingerprint density at radius 2 is 1.96 bits per heavy atom. The highest BCUT2D eigenvalue weighted by Crippen LogP contribution is 2.30. The highest BCUT2D eigenvalue weighted by Gasteiger charge is 2.26. The molecule has 3 heterocycles. The lowest BCUT2D eigenvalue weighted by atomic mass is 10.1. The Kier molecular flexibility index (Phi) is 4.19. The number of aromatic nitrogens is 2. The largest absolute Gasteiger partial charge is 0.243 e. The van der Waals surface area contributed by atoms with E-state index >= 15 is 0 Å². The quantitative estimate of drug-likeness (QED) is 0.558. The first-order chi connectivity index (χ1) is 11.6. The highest BCUT2D eigenvalue weighted by atomic mass is 32.2. The monoisotopic (exact) mass is 393 g/mol. The van der Waals surface area contributed by atoms with Crippen molar-refractivity contribution < 1.29 is 8.42 Å². The van der Waals surface area contributed by atoms with E-state index in [2.05, 4.69) is 13.5 Å². The van der Waals surface area contributed by atoms with Crippen LogP contribution in [0.3, 0.4) is 0 Å². The molecule has 0 radical (unpaired) electrons. The summed E-state index contributed by atoms with van der Waals surface area (Å²) in [4.78, 5) is 1.10. The molecule has 0 aliphatic rings. The summed E-state index contributed by atoms with van der Waals surface area (Å²) in [5.41, 5.74) is 1.92. The zero-order valence-corrected chi connectivity index (χ0v) is 15.4. The molecule has 0 saturated heterocycles. The standard InChI is InChI=1S/C15H11N3O2S4/c19-24(20,13-5-1-3-11-15(13)17-23-16-11)18-14(10-6-8-21-9-10)12-4-2-7-22-12/h1-9,14,18H. The van der Waals surface area contributed by atoms with Crippen LogP contribution in [0.5, 0.6) is 0 Å². The fourth-order valence-electron chi connectivity index (χ4n) is 2.40. The molecule has 1 N–H and O–H groups in total. The highest BCUT2D eigenvalue weighted by molar-refractivity contribution is 7.89. The fraction of sp³-hybridized carbons (Fsp3) is 0.0667. The second-order valence-electron chi connectivity index (χ2n) is 5.01. The van der Waals surface area contributed by atoms with Gasteiger partial charge < -0.3 is 0 Å². The first-order valence-electron chi connectivity index (χ1n) is 6.94. The van der Waals surface area contributed by atoms with E-state index in [0.29, 0.717) is 11.0 Å². The molecule has 122 valence electrons. The van der Waals surface area contributed by atoms with Crippen molar-refractivity contribution in [2.75, 3.05) is 0 Å². The third-order valence-electron chi connectivity index (χ3n) is 3.52. The van der Waals surface area contributed by atoms with Crippen LogP contribution in [0.15, 0.2) is 57.4 Å². The number of nitrogens with zero attached hydrogens (tertiary/aromatic N) is 2. The number of fused-ring (bicyclic) bond motifs is 1. The Morgan fingerprint density at radius 3 is 2.71 bits per heavy atom. The summed E-state index contributed by atoms with van der Waals surface area (Å²) < 4.78 is 37.0. The molecular weight excluding hydrogens is 382 g/mol. The summed E-state index contributed by atoms with van der Waals surface area (Å²) in [5, 5.41) is 5.83. The van der Waals surface area contributed by atoms with Crippen LogP contribution in [0.4, 0.5) is 0 Å². The Labute approximate surface area is 151 Å². The molecule has 1 unspecified atom stereocenters. The predicted molar refractivity (Wildman–Crippen MR) is 98.2 cm³/mol. The van der Waals surface area contributed by atoms with Crippen molar-refractivity contribution in [3.05, 3.63) is 63.0 Å². The van der Waals surface area contributed by atoms with Gasteiger partial charge in [0.05, 0.1) is 17.8 Å². The van der Waals surface area contributed by atoms with Gasteiger partial charge in [-0.3, -0.25) is 0 Å². The maximum atomic E-state index is 13.0. The molecular formula is C15H11N3O2S4. The van der Waals surface area contributed by atoms with Gasteiger partial charge in [0.15, 0.2) is 0 Å². The molecule has 0 aliphatic heterocycles. The normalized spacial score (nSPS) is 13.3. The van der Waals surface area contributed by atoms with Crippen molar-refractivity contribution in [1.29, 1.82) is 0 Å². The van der Waals surface area contributed by atoms with Crippen LogP contribution in [-0.4, -0.2) is 17.2 Å². The molecule has 4 rings (SSSR count). The molecule has 1 atom stereocenters. The zero-order valence-electron chi connectivity index (χ0n) is 12.1. The second kappa shape index (κ2) is 6.34. The van der Waals surface area contributed by atoms with Crippen LogP contribution < -0.4 is 4.72 Å². The maximum Gasteiger partial charge on any atom is 0.243 e. The van der Waals surface area contributed by atoms with Crippen molar-refractivity contribution in [2.45, 2.75) is 10.9 Å². The number of benzene rings is 1. The van der Waals surface area contributed by atoms with Gasteiger partial charge in [-0.05, 0) is 46.0 Å². The first-order valence-corrected chi connectivity index (χ1v) is 11.0. The van der Waals surface area contributed by atoms with Gasteiger partial charge in [-0.25, -0.2) is 8.42 Å². The van der Waals surface area contributed by atoms with Crippen molar-refractivity contribution in [3.63, 3.8) is 0 Å². The third-order valence-corrected chi connectivity index (χ3v) is 7.15. The number of hydrogen-bond donors (Lipinski definition) is 1. The van der Waals surface area contributed by atoms with E-state index in [-0.39, 0.29) is 4.90 Å². The molecule has 0 saturated carbocycles. The summed E-state index contributed by atoms with van der Waals surface area (Å²) in [6.45, 7) is 0. The molecule has 24 heavy (non-hydrogen) atoms. The van der Waals surface area contributed by atoms with Gasteiger partial charge in [0.1, 0.15) is 15.9 Å². The van der Waals surface area contributed by atoms with Crippen molar-refractivity contribution >= 4 is 55.5 Å². The van der Waals surface area contributed by atoms with Crippen molar-refractivity contribution in [3.8, 4) is 0 Å².